The van der Waals surface area contributed by atoms with Crippen LogP contribution in [0.15, 0.2) is 12.1 Å². The number of hydrogen-bond donors (Lipinski definition) is 1. The maximum atomic E-state index is 13.7. The molecule has 0 saturated heterocycles. The van der Waals surface area contributed by atoms with Crippen LogP contribution >= 0.6 is 11.6 Å². The normalized spacial score (nSPS) is 29.0. The summed E-state index contributed by atoms with van der Waals surface area (Å²) in [6.45, 7) is 2.98. The minimum Gasteiger partial charge on any atom is -0.310 e. The molecule has 0 spiro atoms. The van der Waals surface area contributed by atoms with E-state index in [9.17, 15) is 8.78 Å². The second kappa shape index (κ2) is 6.21. The Hall–Kier alpha value is -0.670. The molecule has 2 fully saturated rings. The van der Waals surface area contributed by atoms with Crippen molar-refractivity contribution in [2.24, 2.45) is 17.8 Å². The first kappa shape index (κ1) is 15.2. The van der Waals surface area contributed by atoms with Gasteiger partial charge in [0.05, 0.1) is 0 Å². The van der Waals surface area contributed by atoms with Crippen molar-refractivity contribution in [3.63, 3.8) is 0 Å². The fourth-order valence-corrected chi connectivity index (χ4v) is 4.54. The van der Waals surface area contributed by atoms with Gasteiger partial charge in [0.2, 0.25) is 0 Å². The first-order valence-electron chi connectivity index (χ1n) is 7.98. The van der Waals surface area contributed by atoms with Crippen LogP contribution in [-0.4, -0.2) is 6.54 Å². The van der Waals surface area contributed by atoms with E-state index in [0.29, 0.717) is 16.9 Å². The van der Waals surface area contributed by atoms with Crippen LogP contribution in [0.4, 0.5) is 8.78 Å². The summed E-state index contributed by atoms with van der Waals surface area (Å²) in [7, 11) is 0. The third-order valence-electron chi connectivity index (χ3n) is 5.21. The summed E-state index contributed by atoms with van der Waals surface area (Å²) < 4.78 is 27.0. The van der Waals surface area contributed by atoms with E-state index in [4.69, 9.17) is 11.6 Å². The van der Waals surface area contributed by atoms with E-state index in [0.717, 1.165) is 30.5 Å². The van der Waals surface area contributed by atoms with Crippen LogP contribution in [0.3, 0.4) is 0 Å². The second-order valence-corrected chi connectivity index (χ2v) is 6.97. The first-order chi connectivity index (χ1) is 10.1. The molecule has 0 amide bonds. The molecule has 1 aromatic carbocycles. The van der Waals surface area contributed by atoms with Crippen LogP contribution in [0.25, 0.3) is 0 Å². The highest BCUT2D eigenvalue weighted by molar-refractivity contribution is 6.31. The van der Waals surface area contributed by atoms with Gasteiger partial charge in [-0.25, -0.2) is 8.78 Å². The standard InChI is InChI=1S/C17H22ClF2N/c1-2-5-21-17(12-7-10-3-4-11(12)6-10)13-8-15(19)16(20)9-14(13)18/h8-12,17,21H,2-7H2,1H3. The molecule has 1 N–H and O–H groups in total. The molecule has 0 aromatic heterocycles. The Morgan fingerprint density at radius 1 is 1.24 bits per heavy atom. The van der Waals surface area contributed by atoms with E-state index in [1.165, 1.54) is 31.7 Å². The maximum absolute atomic E-state index is 13.7. The minimum atomic E-state index is -0.870. The zero-order valence-corrected chi connectivity index (χ0v) is 13.1. The SMILES string of the molecule is CCCNC(c1cc(F)c(F)cc1Cl)C1CC2CCC1C2. The van der Waals surface area contributed by atoms with E-state index < -0.39 is 11.6 Å². The molecule has 0 aliphatic heterocycles. The van der Waals surface area contributed by atoms with Gasteiger partial charge < -0.3 is 5.32 Å². The largest absolute Gasteiger partial charge is 0.310 e. The van der Waals surface area contributed by atoms with E-state index in [1.54, 1.807) is 0 Å². The van der Waals surface area contributed by atoms with Crippen LogP contribution in [0.2, 0.25) is 5.02 Å². The molecule has 4 unspecified atom stereocenters. The zero-order valence-electron chi connectivity index (χ0n) is 12.3. The summed E-state index contributed by atoms with van der Waals surface area (Å²) in [4.78, 5) is 0. The van der Waals surface area contributed by atoms with Gasteiger partial charge in [-0.2, -0.15) is 0 Å². The molecule has 116 valence electrons. The topological polar surface area (TPSA) is 12.0 Å². The van der Waals surface area contributed by atoms with Crippen LogP contribution < -0.4 is 5.32 Å². The zero-order chi connectivity index (χ0) is 15.0. The number of halogens is 3. The van der Waals surface area contributed by atoms with Crippen molar-refractivity contribution in [2.75, 3.05) is 6.54 Å². The summed E-state index contributed by atoms with van der Waals surface area (Å²) in [6, 6.07) is 2.44. The molecule has 2 saturated carbocycles. The number of fused-ring (bicyclic) bond motifs is 2. The molecular formula is C17H22ClF2N. The summed E-state index contributed by atoms with van der Waals surface area (Å²) in [5.74, 6) is 0.341. The minimum absolute atomic E-state index is 0.0443. The number of nitrogens with one attached hydrogen (secondary N) is 1. The van der Waals surface area contributed by atoms with Crippen molar-refractivity contribution in [3.8, 4) is 0 Å². The predicted molar refractivity (Wildman–Crippen MR) is 81.3 cm³/mol. The van der Waals surface area contributed by atoms with Crippen molar-refractivity contribution in [3.05, 3.63) is 34.4 Å². The Kier molecular flexibility index (Phi) is 4.51. The Labute approximate surface area is 130 Å². The molecular weight excluding hydrogens is 292 g/mol. The van der Waals surface area contributed by atoms with Gasteiger partial charge in [-0.1, -0.05) is 24.9 Å². The van der Waals surface area contributed by atoms with Gasteiger partial charge in [0.1, 0.15) is 0 Å². The average molecular weight is 314 g/mol. The fraction of sp³-hybridized carbons (Fsp3) is 0.647. The molecule has 2 aliphatic rings. The summed E-state index contributed by atoms with van der Waals surface area (Å²) in [5.41, 5.74) is 0.724. The lowest BCUT2D eigenvalue weighted by molar-refractivity contribution is 0.250. The summed E-state index contributed by atoms with van der Waals surface area (Å²) in [6.07, 6.45) is 6.07. The summed E-state index contributed by atoms with van der Waals surface area (Å²) >= 11 is 6.21. The molecule has 21 heavy (non-hydrogen) atoms. The molecule has 0 radical (unpaired) electrons. The monoisotopic (exact) mass is 313 g/mol. The molecule has 2 bridgehead atoms. The molecule has 3 rings (SSSR count). The Balaban J connectivity index is 1.90. The van der Waals surface area contributed by atoms with Gasteiger partial charge in [0.15, 0.2) is 11.6 Å². The van der Waals surface area contributed by atoms with E-state index in [1.807, 2.05) is 0 Å². The van der Waals surface area contributed by atoms with Crippen molar-refractivity contribution in [1.82, 2.24) is 5.32 Å². The van der Waals surface area contributed by atoms with Crippen LogP contribution in [0, 0.1) is 29.4 Å². The molecule has 1 aromatic rings. The molecule has 4 heteroatoms. The van der Waals surface area contributed by atoms with Crippen molar-refractivity contribution in [1.29, 1.82) is 0 Å². The van der Waals surface area contributed by atoms with E-state index in [2.05, 4.69) is 12.2 Å². The average Bonchev–Trinajstić information content (AvgIpc) is 3.07. The maximum Gasteiger partial charge on any atom is 0.160 e. The molecule has 1 nitrogen and oxygen atoms in total. The Bertz CT molecular complexity index is 520. The highest BCUT2D eigenvalue weighted by Crippen LogP contribution is 2.53. The molecule has 0 heterocycles. The lowest BCUT2D eigenvalue weighted by atomic mass is 9.80. The Morgan fingerprint density at radius 2 is 2.00 bits per heavy atom. The lowest BCUT2D eigenvalue weighted by Gasteiger charge is -2.32. The second-order valence-electron chi connectivity index (χ2n) is 6.56. The van der Waals surface area contributed by atoms with Crippen molar-refractivity contribution >= 4 is 11.6 Å². The summed E-state index contributed by atoms with van der Waals surface area (Å²) in [5, 5.41) is 3.86. The lowest BCUT2D eigenvalue weighted by Crippen LogP contribution is -2.32. The highest BCUT2D eigenvalue weighted by Gasteiger charge is 2.43. The Morgan fingerprint density at radius 3 is 2.62 bits per heavy atom. The van der Waals surface area contributed by atoms with E-state index in [-0.39, 0.29) is 6.04 Å². The van der Waals surface area contributed by atoms with Gasteiger partial charge in [0, 0.05) is 11.1 Å². The van der Waals surface area contributed by atoms with Crippen LogP contribution in [-0.2, 0) is 0 Å². The third-order valence-corrected chi connectivity index (χ3v) is 5.54. The quantitative estimate of drug-likeness (QED) is 0.746. The van der Waals surface area contributed by atoms with E-state index >= 15 is 0 Å². The van der Waals surface area contributed by atoms with Gasteiger partial charge in [-0.3, -0.25) is 0 Å². The number of rotatable bonds is 5. The van der Waals surface area contributed by atoms with Gasteiger partial charge in [-0.05, 0) is 67.7 Å². The highest BCUT2D eigenvalue weighted by atomic mass is 35.5. The number of hydrogen-bond acceptors (Lipinski definition) is 1. The van der Waals surface area contributed by atoms with Gasteiger partial charge in [-0.15, -0.1) is 0 Å². The third kappa shape index (κ3) is 2.95. The smallest absolute Gasteiger partial charge is 0.160 e. The number of benzene rings is 1. The van der Waals surface area contributed by atoms with Crippen molar-refractivity contribution in [2.45, 2.75) is 45.1 Å². The van der Waals surface area contributed by atoms with Crippen LogP contribution in [0.1, 0.15) is 50.6 Å². The first-order valence-corrected chi connectivity index (χ1v) is 8.35. The van der Waals surface area contributed by atoms with Crippen LogP contribution in [0.5, 0.6) is 0 Å². The molecule has 2 aliphatic carbocycles. The molecule has 4 atom stereocenters. The predicted octanol–water partition coefficient (Wildman–Crippen LogP) is 5.10. The van der Waals surface area contributed by atoms with Gasteiger partial charge >= 0.3 is 0 Å². The van der Waals surface area contributed by atoms with Gasteiger partial charge in [0.25, 0.3) is 0 Å². The fourth-order valence-electron chi connectivity index (χ4n) is 4.27. The van der Waals surface area contributed by atoms with Crippen molar-refractivity contribution < 1.29 is 8.78 Å².